The van der Waals surface area contributed by atoms with Gasteiger partial charge in [0.2, 0.25) is 0 Å². The van der Waals surface area contributed by atoms with E-state index in [1.807, 2.05) is 0 Å². The molecule has 0 amide bonds. The fourth-order valence-corrected chi connectivity index (χ4v) is 8.89. The molecule has 0 N–H and O–H groups in total. The average molecular weight is 688 g/mol. The van der Waals surface area contributed by atoms with Crippen molar-refractivity contribution in [1.29, 1.82) is 0 Å². The molecule has 254 valence electrons. The highest BCUT2D eigenvalue weighted by molar-refractivity contribution is 6.10. The Morgan fingerprint density at radius 3 is 1.48 bits per heavy atom. The standard InChI is InChI=1S/C53H37N/c1-6-20-38(21-7-1)40-24-18-31-44(36-40)54(43-29-14-5-15-30-43)50-35-19-34-49-51(50)48-37-47(39-22-8-2-9-23-39)45-32-16-17-33-46(45)52(48)53(49,41-25-10-3-11-26-41)42-27-12-4-13-28-42/h1-37H. The maximum Gasteiger partial charge on any atom is 0.0720 e. The van der Waals surface area contributed by atoms with Gasteiger partial charge >= 0.3 is 0 Å². The van der Waals surface area contributed by atoms with E-state index < -0.39 is 5.41 Å². The van der Waals surface area contributed by atoms with Crippen LogP contribution in [0.5, 0.6) is 0 Å². The summed E-state index contributed by atoms with van der Waals surface area (Å²) in [7, 11) is 0. The van der Waals surface area contributed by atoms with Gasteiger partial charge in [0.05, 0.1) is 11.1 Å². The summed E-state index contributed by atoms with van der Waals surface area (Å²) in [6, 6.07) is 82.0. The SMILES string of the molecule is c1ccc(-c2cccc(N(c3ccccc3)c3cccc4c3-c3cc(-c5ccccc5)c5ccccc5c3C4(c3ccccc3)c3ccccc3)c2)cc1. The summed E-state index contributed by atoms with van der Waals surface area (Å²) >= 11 is 0. The number of anilines is 3. The maximum absolute atomic E-state index is 2.48. The molecule has 0 radical (unpaired) electrons. The van der Waals surface area contributed by atoms with E-state index in [4.69, 9.17) is 0 Å². The predicted molar refractivity (Wildman–Crippen MR) is 227 cm³/mol. The third kappa shape index (κ3) is 5.01. The van der Waals surface area contributed by atoms with Crippen LogP contribution in [0.25, 0.3) is 44.2 Å². The van der Waals surface area contributed by atoms with Gasteiger partial charge in [0.15, 0.2) is 0 Å². The summed E-state index contributed by atoms with van der Waals surface area (Å²) in [4.78, 5) is 2.46. The average Bonchev–Trinajstić information content (AvgIpc) is 3.57. The lowest BCUT2D eigenvalue weighted by Gasteiger charge is -2.35. The van der Waals surface area contributed by atoms with Gasteiger partial charge in [-0.1, -0.05) is 188 Å². The van der Waals surface area contributed by atoms with E-state index in [9.17, 15) is 0 Å². The van der Waals surface area contributed by atoms with Crippen molar-refractivity contribution >= 4 is 27.8 Å². The molecule has 0 fully saturated rings. The van der Waals surface area contributed by atoms with Crippen molar-refractivity contribution in [3.8, 4) is 33.4 Å². The van der Waals surface area contributed by atoms with E-state index in [1.54, 1.807) is 0 Å². The second-order valence-corrected chi connectivity index (χ2v) is 14.0. The Morgan fingerprint density at radius 1 is 0.333 bits per heavy atom. The first kappa shape index (κ1) is 31.7. The molecule has 1 heteroatoms. The van der Waals surface area contributed by atoms with Gasteiger partial charge in [-0.05, 0) is 97.2 Å². The largest absolute Gasteiger partial charge is 0.310 e. The van der Waals surface area contributed by atoms with Crippen LogP contribution in [-0.2, 0) is 5.41 Å². The number of fused-ring (bicyclic) bond motifs is 5. The normalized spacial score (nSPS) is 12.6. The number of hydrogen-bond acceptors (Lipinski definition) is 1. The van der Waals surface area contributed by atoms with Gasteiger partial charge < -0.3 is 4.90 Å². The molecule has 0 atom stereocenters. The van der Waals surface area contributed by atoms with E-state index in [1.165, 1.54) is 66.4 Å². The van der Waals surface area contributed by atoms with Crippen molar-refractivity contribution in [2.24, 2.45) is 0 Å². The predicted octanol–water partition coefficient (Wildman–Crippen LogP) is 14.0. The Balaban J connectivity index is 1.36. The summed E-state index contributed by atoms with van der Waals surface area (Å²) in [5, 5.41) is 2.52. The zero-order valence-corrected chi connectivity index (χ0v) is 29.8. The van der Waals surface area contributed by atoms with Crippen molar-refractivity contribution in [3.63, 3.8) is 0 Å². The highest BCUT2D eigenvalue weighted by Gasteiger charge is 2.48. The molecule has 9 aromatic rings. The van der Waals surface area contributed by atoms with Crippen LogP contribution in [0.4, 0.5) is 17.1 Å². The molecule has 0 spiro atoms. The number of nitrogens with zero attached hydrogens (tertiary/aromatic N) is 1. The van der Waals surface area contributed by atoms with Crippen molar-refractivity contribution in [1.82, 2.24) is 0 Å². The summed E-state index contributed by atoms with van der Waals surface area (Å²) in [5.41, 5.74) is 15.2. The number of para-hydroxylation sites is 1. The van der Waals surface area contributed by atoms with Gasteiger partial charge in [0.25, 0.3) is 0 Å². The Labute approximate surface area is 317 Å². The molecular weight excluding hydrogens is 651 g/mol. The van der Waals surface area contributed by atoms with Crippen molar-refractivity contribution in [2.45, 2.75) is 5.41 Å². The van der Waals surface area contributed by atoms with Crippen LogP contribution < -0.4 is 4.90 Å². The molecule has 1 aliphatic rings. The highest BCUT2D eigenvalue weighted by Crippen LogP contribution is 2.62. The molecular formula is C53H37N. The van der Waals surface area contributed by atoms with Crippen molar-refractivity contribution in [3.05, 3.63) is 247 Å². The zero-order valence-electron chi connectivity index (χ0n) is 29.8. The Bertz CT molecular complexity index is 2700. The van der Waals surface area contributed by atoms with Gasteiger partial charge in [-0.2, -0.15) is 0 Å². The van der Waals surface area contributed by atoms with Crippen LogP contribution in [0.1, 0.15) is 22.3 Å². The smallest absolute Gasteiger partial charge is 0.0720 e. The zero-order chi connectivity index (χ0) is 35.9. The van der Waals surface area contributed by atoms with Crippen molar-refractivity contribution in [2.75, 3.05) is 4.90 Å². The van der Waals surface area contributed by atoms with E-state index in [2.05, 4.69) is 229 Å². The third-order valence-electron chi connectivity index (χ3n) is 11.1. The molecule has 0 aromatic heterocycles. The molecule has 0 bridgehead atoms. The molecule has 9 aromatic carbocycles. The molecule has 1 nitrogen and oxygen atoms in total. The molecule has 10 rings (SSSR count). The summed E-state index contributed by atoms with van der Waals surface area (Å²) in [6.07, 6.45) is 0. The molecule has 0 aliphatic heterocycles. The Hall–Kier alpha value is -6.96. The summed E-state index contributed by atoms with van der Waals surface area (Å²) in [6.45, 7) is 0. The van der Waals surface area contributed by atoms with Gasteiger partial charge in [-0.25, -0.2) is 0 Å². The quantitative estimate of drug-likeness (QED) is 0.161. The van der Waals surface area contributed by atoms with E-state index >= 15 is 0 Å². The van der Waals surface area contributed by atoms with Gasteiger partial charge in [-0.15, -0.1) is 0 Å². The van der Waals surface area contributed by atoms with Crippen LogP contribution in [0.2, 0.25) is 0 Å². The second kappa shape index (κ2) is 13.2. The minimum Gasteiger partial charge on any atom is -0.310 e. The van der Waals surface area contributed by atoms with Gasteiger partial charge in [0, 0.05) is 16.9 Å². The molecule has 54 heavy (non-hydrogen) atoms. The highest BCUT2D eigenvalue weighted by atomic mass is 15.1. The second-order valence-electron chi connectivity index (χ2n) is 14.0. The Kier molecular flexibility index (Phi) is 7.78. The van der Waals surface area contributed by atoms with Crippen LogP contribution >= 0.6 is 0 Å². The number of rotatable bonds is 7. The molecule has 0 saturated heterocycles. The maximum atomic E-state index is 2.48. The van der Waals surface area contributed by atoms with Crippen LogP contribution in [0.15, 0.2) is 224 Å². The topological polar surface area (TPSA) is 3.24 Å². The third-order valence-corrected chi connectivity index (χ3v) is 11.1. The minimum atomic E-state index is -0.577. The molecule has 0 unspecified atom stereocenters. The van der Waals surface area contributed by atoms with Gasteiger partial charge in [-0.3, -0.25) is 0 Å². The lowest BCUT2D eigenvalue weighted by Crippen LogP contribution is -2.29. The van der Waals surface area contributed by atoms with E-state index in [-0.39, 0.29) is 0 Å². The Morgan fingerprint density at radius 2 is 0.833 bits per heavy atom. The van der Waals surface area contributed by atoms with Crippen LogP contribution in [-0.4, -0.2) is 0 Å². The fraction of sp³-hybridized carbons (Fsp3) is 0.0189. The van der Waals surface area contributed by atoms with Crippen LogP contribution in [0, 0.1) is 0 Å². The summed E-state index contributed by atoms with van der Waals surface area (Å²) in [5.74, 6) is 0. The monoisotopic (exact) mass is 687 g/mol. The van der Waals surface area contributed by atoms with Crippen molar-refractivity contribution < 1.29 is 0 Å². The lowest BCUT2D eigenvalue weighted by atomic mass is 9.66. The molecule has 1 aliphatic carbocycles. The first-order valence-electron chi connectivity index (χ1n) is 18.7. The first-order valence-corrected chi connectivity index (χ1v) is 18.7. The summed E-state index contributed by atoms with van der Waals surface area (Å²) < 4.78 is 0. The minimum absolute atomic E-state index is 0.577. The molecule has 0 saturated carbocycles. The first-order chi connectivity index (χ1) is 26.8. The van der Waals surface area contributed by atoms with Gasteiger partial charge in [0.1, 0.15) is 0 Å². The number of hydrogen-bond donors (Lipinski definition) is 0. The van der Waals surface area contributed by atoms with E-state index in [0.717, 1.165) is 17.1 Å². The molecule has 0 heterocycles. The lowest BCUT2D eigenvalue weighted by molar-refractivity contribution is 0.775. The fourth-order valence-electron chi connectivity index (χ4n) is 8.89. The van der Waals surface area contributed by atoms with E-state index in [0.29, 0.717) is 0 Å². The number of benzene rings is 9. The van der Waals surface area contributed by atoms with Crippen LogP contribution in [0.3, 0.4) is 0 Å².